The van der Waals surface area contributed by atoms with E-state index >= 15 is 0 Å². The molecule has 1 fully saturated rings. The number of amides is 1. The maximum absolute atomic E-state index is 13.3. The summed E-state index contributed by atoms with van der Waals surface area (Å²) in [6.45, 7) is 2.78. The molecule has 0 saturated carbocycles. The number of piperazine rings is 1. The van der Waals surface area contributed by atoms with Crippen LogP contribution >= 0.6 is 11.6 Å². The van der Waals surface area contributed by atoms with E-state index in [9.17, 15) is 22.0 Å². The molecule has 1 heterocycles. The zero-order chi connectivity index (χ0) is 24.0. The van der Waals surface area contributed by atoms with Crippen LogP contribution in [0.1, 0.15) is 11.1 Å². The van der Waals surface area contributed by atoms with Crippen LogP contribution in [0, 0.1) is 11.6 Å². The van der Waals surface area contributed by atoms with Crippen LogP contribution < -0.4 is 4.74 Å². The summed E-state index contributed by atoms with van der Waals surface area (Å²) in [5.41, 5.74) is 1.20. The lowest BCUT2D eigenvalue weighted by Gasteiger charge is -2.34. The van der Waals surface area contributed by atoms with E-state index in [4.69, 9.17) is 20.9 Å². The van der Waals surface area contributed by atoms with Crippen LogP contribution in [0.25, 0.3) is 0 Å². The maximum atomic E-state index is 13.3. The second-order valence-corrected chi connectivity index (χ2v) is 9.81. The highest BCUT2D eigenvalue weighted by molar-refractivity contribution is 7.85. The number of aryl methyl sites for hydroxylation is 1. The average Bonchev–Trinajstić information content (AvgIpc) is 2.77. The molecule has 1 aliphatic heterocycles. The fourth-order valence-corrected chi connectivity index (χ4v) is 4.23. The standard InChI is InChI=1S/C22H25ClF2N2O5S/c23-18-2-4-21(17(14-18)6-12-33(29,30)31)32-15-22(28)27-10-8-26(9-11-27)7-5-16-1-3-19(24)20(25)13-16/h1-4,13-14H,5-12,15H2,(H,29,30,31). The third kappa shape index (κ3) is 7.92. The van der Waals surface area contributed by atoms with E-state index in [0.717, 1.165) is 6.07 Å². The molecule has 3 rings (SSSR count). The normalized spacial score (nSPS) is 15.0. The molecule has 0 bridgehead atoms. The number of carbonyl (C=O) groups is 1. The minimum Gasteiger partial charge on any atom is -0.483 e. The fourth-order valence-electron chi connectivity index (χ4n) is 3.56. The van der Waals surface area contributed by atoms with Gasteiger partial charge in [-0.25, -0.2) is 8.78 Å². The zero-order valence-corrected chi connectivity index (χ0v) is 19.4. The first kappa shape index (κ1) is 25.4. The van der Waals surface area contributed by atoms with E-state index < -0.39 is 27.5 Å². The number of hydrogen-bond donors (Lipinski definition) is 1. The van der Waals surface area contributed by atoms with Crippen molar-refractivity contribution < 1.29 is 31.3 Å². The van der Waals surface area contributed by atoms with Gasteiger partial charge in [-0.15, -0.1) is 0 Å². The molecule has 1 N–H and O–H groups in total. The molecule has 1 saturated heterocycles. The molecule has 0 unspecified atom stereocenters. The summed E-state index contributed by atoms with van der Waals surface area (Å²) in [5, 5.41) is 0.388. The van der Waals surface area contributed by atoms with E-state index in [0.29, 0.717) is 61.0 Å². The van der Waals surface area contributed by atoms with E-state index in [1.54, 1.807) is 23.1 Å². The van der Waals surface area contributed by atoms with Crippen molar-refractivity contribution in [2.24, 2.45) is 0 Å². The Bertz CT molecular complexity index is 1090. The Labute approximate surface area is 196 Å². The Morgan fingerprint density at radius 1 is 1.03 bits per heavy atom. The number of ether oxygens (including phenoxy) is 1. The number of carbonyl (C=O) groups excluding carboxylic acids is 1. The molecule has 0 radical (unpaired) electrons. The van der Waals surface area contributed by atoms with Crippen LogP contribution in [0.5, 0.6) is 5.75 Å². The number of rotatable bonds is 9. The van der Waals surface area contributed by atoms with Crippen molar-refractivity contribution in [2.45, 2.75) is 12.8 Å². The molecule has 0 aromatic heterocycles. The van der Waals surface area contributed by atoms with Crippen LogP contribution in [0.4, 0.5) is 8.78 Å². The lowest BCUT2D eigenvalue weighted by Crippen LogP contribution is -2.50. The maximum Gasteiger partial charge on any atom is 0.265 e. The van der Waals surface area contributed by atoms with Gasteiger partial charge in [-0.05, 0) is 54.3 Å². The molecule has 2 aromatic carbocycles. The molecule has 2 aromatic rings. The molecular weight excluding hydrogens is 478 g/mol. The van der Waals surface area contributed by atoms with Crippen molar-refractivity contribution in [3.05, 3.63) is 64.2 Å². The van der Waals surface area contributed by atoms with Crippen molar-refractivity contribution in [3.63, 3.8) is 0 Å². The topological polar surface area (TPSA) is 87.1 Å². The van der Waals surface area contributed by atoms with Crippen molar-refractivity contribution in [1.82, 2.24) is 9.80 Å². The van der Waals surface area contributed by atoms with Crippen molar-refractivity contribution in [1.29, 1.82) is 0 Å². The summed E-state index contributed by atoms with van der Waals surface area (Å²) in [6.07, 6.45) is 0.580. The Morgan fingerprint density at radius 3 is 2.42 bits per heavy atom. The molecule has 0 atom stereocenters. The number of hydrogen-bond acceptors (Lipinski definition) is 5. The second kappa shape index (κ2) is 11.2. The van der Waals surface area contributed by atoms with Crippen molar-refractivity contribution in [2.75, 3.05) is 45.1 Å². The number of benzene rings is 2. The van der Waals surface area contributed by atoms with Crippen molar-refractivity contribution >= 4 is 27.6 Å². The van der Waals surface area contributed by atoms with Gasteiger partial charge >= 0.3 is 0 Å². The van der Waals surface area contributed by atoms with E-state index in [-0.39, 0.29) is 18.9 Å². The van der Waals surface area contributed by atoms with Gasteiger partial charge < -0.3 is 9.64 Å². The first-order valence-electron chi connectivity index (χ1n) is 10.4. The lowest BCUT2D eigenvalue weighted by atomic mass is 10.1. The summed E-state index contributed by atoms with van der Waals surface area (Å²) >= 11 is 5.96. The van der Waals surface area contributed by atoms with Gasteiger partial charge in [-0.1, -0.05) is 17.7 Å². The smallest absolute Gasteiger partial charge is 0.265 e. The van der Waals surface area contributed by atoms with Crippen molar-refractivity contribution in [3.8, 4) is 5.75 Å². The summed E-state index contributed by atoms with van der Waals surface area (Å²) in [7, 11) is -4.15. The summed E-state index contributed by atoms with van der Waals surface area (Å²) < 4.78 is 63.0. The van der Waals surface area contributed by atoms with Gasteiger partial charge in [0, 0.05) is 37.7 Å². The largest absolute Gasteiger partial charge is 0.483 e. The number of nitrogens with zero attached hydrogens (tertiary/aromatic N) is 2. The first-order valence-corrected chi connectivity index (χ1v) is 12.4. The van der Waals surface area contributed by atoms with Crippen LogP contribution in [0.15, 0.2) is 36.4 Å². The summed E-state index contributed by atoms with van der Waals surface area (Å²) in [6, 6.07) is 8.56. The molecule has 33 heavy (non-hydrogen) atoms. The molecule has 7 nitrogen and oxygen atoms in total. The van der Waals surface area contributed by atoms with Gasteiger partial charge in [0.25, 0.3) is 16.0 Å². The summed E-state index contributed by atoms with van der Waals surface area (Å²) in [4.78, 5) is 16.4. The average molecular weight is 503 g/mol. The summed E-state index contributed by atoms with van der Waals surface area (Å²) in [5.74, 6) is -2.07. The SMILES string of the molecule is O=C(COc1ccc(Cl)cc1CCS(=O)(=O)O)N1CCN(CCc2ccc(F)c(F)c2)CC1. The van der Waals surface area contributed by atoms with E-state index in [1.807, 2.05) is 0 Å². The highest BCUT2D eigenvalue weighted by Crippen LogP contribution is 2.24. The predicted molar refractivity (Wildman–Crippen MR) is 120 cm³/mol. The molecule has 1 amide bonds. The molecule has 1 aliphatic rings. The van der Waals surface area contributed by atoms with Gasteiger partial charge in [-0.2, -0.15) is 8.42 Å². The third-order valence-electron chi connectivity index (χ3n) is 5.43. The molecule has 180 valence electrons. The first-order chi connectivity index (χ1) is 15.6. The third-order valence-corrected chi connectivity index (χ3v) is 6.38. The number of halogens is 3. The Kier molecular flexibility index (Phi) is 8.63. The van der Waals surface area contributed by atoms with Gasteiger partial charge in [-0.3, -0.25) is 14.2 Å². The monoisotopic (exact) mass is 502 g/mol. The van der Waals surface area contributed by atoms with Gasteiger partial charge in [0.15, 0.2) is 18.2 Å². The van der Waals surface area contributed by atoms with Gasteiger partial charge in [0.1, 0.15) is 5.75 Å². The predicted octanol–water partition coefficient (Wildman–Crippen LogP) is 2.81. The molecule has 11 heteroatoms. The molecule has 0 aliphatic carbocycles. The van der Waals surface area contributed by atoms with Crippen LogP contribution in [-0.2, 0) is 27.8 Å². The van der Waals surface area contributed by atoms with E-state index in [1.165, 1.54) is 12.1 Å². The second-order valence-electron chi connectivity index (χ2n) is 7.80. The Hall–Kier alpha value is -2.27. The van der Waals surface area contributed by atoms with Gasteiger partial charge in [0.2, 0.25) is 0 Å². The Balaban J connectivity index is 1.46. The Morgan fingerprint density at radius 2 is 1.76 bits per heavy atom. The highest BCUT2D eigenvalue weighted by atomic mass is 35.5. The van der Waals surface area contributed by atoms with Crippen LogP contribution in [-0.4, -0.2) is 73.8 Å². The quantitative estimate of drug-likeness (QED) is 0.531. The van der Waals surface area contributed by atoms with E-state index in [2.05, 4.69) is 4.90 Å². The van der Waals surface area contributed by atoms with Crippen LogP contribution in [0.3, 0.4) is 0 Å². The highest BCUT2D eigenvalue weighted by Gasteiger charge is 2.22. The lowest BCUT2D eigenvalue weighted by molar-refractivity contribution is -0.135. The fraction of sp³-hybridized carbons (Fsp3) is 0.409. The minimum absolute atomic E-state index is 0.000450. The molecule has 0 spiro atoms. The van der Waals surface area contributed by atoms with Gasteiger partial charge in [0.05, 0.1) is 5.75 Å². The molecular formula is C22H25ClF2N2O5S. The van der Waals surface area contributed by atoms with Crippen LogP contribution in [0.2, 0.25) is 5.02 Å². The zero-order valence-electron chi connectivity index (χ0n) is 17.8. The minimum atomic E-state index is -4.15.